The Morgan fingerprint density at radius 1 is 1.08 bits per heavy atom. The number of rotatable bonds is 11. The Kier molecular flexibility index (Phi) is 8.63. The smallest absolute Gasteiger partial charge is 0.359 e. The monoisotopic (exact) mass is 515 g/mol. The first-order chi connectivity index (χ1) is 18.3. The molecule has 0 bridgehead atoms. The van der Waals surface area contributed by atoms with E-state index in [2.05, 4.69) is 57.3 Å². The molecule has 0 saturated heterocycles. The summed E-state index contributed by atoms with van der Waals surface area (Å²) in [5.41, 5.74) is 3.92. The maximum Gasteiger partial charge on any atom is 0.359 e. The van der Waals surface area contributed by atoms with Crippen molar-refractivity contribution >= 4 is 22.8 Å². The minimum Gasteiger partial charge on any atom is -0.456 e. The quantitative estimate of drug-likeness (QED) is 0.254. The summed E-state index contributed by atoms with van der Waals surface area (Å²) in [5, 5.41) is 7.44. The number of fused-ring (bicyclic) bond motifs is 1. The van der Waals surface area contributed by atoms with Crippen molar-refractivity contribution in [2.24, 2.45) is 13.0 Å². The highest BCUT2D eigenvalue weighted by atomic mass is 16.5. The molecule has 0 aliphatic carbocycles. The van der Waals surface area contributed by atoms with Gasteiger partial charge < -0.3 is 24.9 Å². The Morgan fingerprint density at radius 2 is 1.79 bits per heavy atom. The first-order valence-corrected chi connectivity index (χ1v) is 13.0. The van der Waals surface area contributed by atoms with Gasteiger partial charge in [0.25, 0.3) is 0 Å². The van der Waals surface area contributed by atoms with Crippen LogP contribution in [0.2, 0.25) is 0 Å². The van der Waals surface area contributed by atoms with Gasteiger partial charge in [0.2, 0.25) is 5.91 Å². The molecule has 0 fully saturated rings. The van der Waals surface area contributed by atoms with E-state index in [4.69, 9.17) is 4.74 Å². The zero-order valence-corrected chi connectivity index (χ0v) is 22.7. The highest BCUT2D eigenvalue weighted by Gasteiger charge is 2.27. The van der Waals surface area contributed by atoms with Crippen LogP contribution in [-0.4, -0.2) is 39.5 Å². The normalized spacial score (nSPS) is 13.0. The number of nitrogens with zero attached hydrogens (tertiary/aromatic N) is 2. The topological polar surface area (TPSA) is 101 Å². The number of aromatic amines is 1. The number of imidazole rings is 1. The molecule has 0 aliphatic rings. The number of likely N-dealkylation sites (N-methyl/N-ethyl adjacent to an activating group) is 1. The van der Waals surface area contributed by atoms with Gasteiger partial charge in [-0.2, -0.15) is 0 Å². The van der Waals surface area contributed by atoms with E-state index in [0.29, 0.717) is 30.3 Å². The van der Waals surface area contributed by atoms with E-state index in [9.17, 15) is 9.59 Å². The van der Waals surface area contributed by atoms with Crippen LogP contribution in [0.1, 0.15) is 59.4 Å². The van der Waals surface area contributed by atoms with E-state index in [-0.39, 0.29) is 24.2 Å². The number of para-hydroxylation sites is 1. The Balaban J connectivity index is 1.61. The molecule has 0 radical (unpaired) electrons. The minimum atomic E-state index is -0.503. The maximum absolute atomic E-state index is 13.3. The van der Waals surface area contributed by atoms with Crippen LogP contribution in [-0.2, 0) is 29.6 Å². The van der Waals surface area contributed by atoms with Crippen LogP contribution < -0.4 is 10.6 Å². The molecule has 200 valence electrons. The first-order valence-electron chi connectivity index (χ1n) is 13.0. The van der Waals surface area contributed by atoms with Crippen molar-refractivity contribution in [3.63, 3.8) is 0 Å². The molecule has 0 unspecified atom stereocenters. The summed E-state index contributed by atoms with van der Waals surface area (Å²) in [5.74, 6) is 0.270. The maximum atomic E-state index is 13.3. The van der Waals surface area contributed by atoms with E-state index in [1.165, 1.54) is 0 Å². The third-order valence-corrected chi connectivity index (χ3v) is 6.73. The summed E-state index contributed by atoms with van der Waals surface area (Å²) >= 11 is 0. The second kappa shape index (κ2) is 12.1. The Hall–Kier alpha value is -3.91. The summed E-state index contributed by atoms with van der Waals surface area (Å²) in [6, 6.07) is 16.9. The average Bonchev–Trinajstić information content (AvgIpc) is 3.45. The predicted octanol–water partition coefficient (Wildman–Crippen LogP) is 4.60. The van der Waals surface area contributed by atoms with Gasteiger partial charge in [0, 0.05) is 36.3 Å². The van der Waals surface area contributed by atoms with E-state index < -0.39 is 12.0 Å². The summed E-state index contributed by atoms with van der Waals surface area (Å²) in [6.45, 7) is 6.14. The lowest BCUT2D eigenvalue weighted by molar-refractivity contribution is -0.124. The molecule has 1 amide bonds. The molecule has 3 N–H and O–H groups in total. The molecule has 0 spiro atoms. The molecule has 4 rings (SSSR count). The van der Waals surface area contributed by atoms with Crippen molar-refractivity contribution in [2.75, 3.05) is 7.05 Å². The lowest BCUT2D eigenvalue weighted by atomic mass is 10.0. The van der Waals surface area contributed by atoms with Crippen molar-refractivity contribution < 1.29 is 14.3 Å². The number of carbonyl (C=O) groups is 2. The van der Waals surface area contributed by atoms with Gasteiger partial charge in [-0.1, -0.05) is 62.4 Å². The number of benzene rings is 2. The second-order valence-electron chi connectivity index (χ2n) is 10.2. The SMILES string of the molecule is CN[C@@H](CC(C)C)C(=O)N[C@H](Cc1cn(C)c2ccccc12)c1nc(C(=O)OCc2ccccc2)c(C)[nH]1. The van der Waals surface area contributed by atoms with Gasteiger partial charge in [0.15, 0.2) is 5.69 Å². The van der Waals surface area contributed by atoms with E-state index in [1.807, 2.05) is 49.5 Å². The largest absolute Gasteiger partial charge is 0.456 e. The number of nitrogens with one attached hydrogen (secondary N) is 3. The predicted molar refractivity (Wildman–Crippen MR) is 149 cm³/mol. The van der Waals surface area contributed by atoms with Crippen LogP contribution in [0.3, 0.4) is 0 Å². The van der Waals surface area contributed by atoms with Crippen LogP contribution in [0.5, 0.6) is 0 Å². The van der Waals surface area contributed by atoms with Crippen LogP contribution in [0.15, 0.2) is 60.8 Å². The van der Waals surface area contributed by atoms with Crippen molar-refractivity contribution in [3.05, 3.63) is 89.1 Å². The molecule has 38 heavy (non-hydrogen) atoms. The second-order valence-corrected chi connectivity index (χ2v) is 10.2. The van der Waals surface area contributed by atoms with Gasteiger partial charge >= 0.3 is 5.97 Å². The summed E-state index contributed by atoms with van der Waals surface area (Å²) in [7, 11) is 3.81. The van der Waals surface area contributed by atoms with Gasteiger partial charge in [-0.15, -0.1) is 0 Å². The summed E-state index contributed by atoms with van der Waals surface area (Å²) in [4.78, 5) is 34.1. The van der Waals surface area contributed by atoms with E-state index >= 15 is 0 Å². The van der Waals surface area contributed by atoms with Crippen molar-refractivity contribution in [3.8, 4) is 0 Å². The number of hydrogen-bond donors (Lipinski definition) is 3. The fraction of sp³-hybridized carbons (Fsp3) is 0.367. The van der Waals surface area contributed by atoms with E-state index in [1.54, 1.807) is 14.0 Å². The zero-order valence-electron chi connectivity index (χ0n) is 22.7. The molecular formula is C30H37N5O3. The van der Waals surface area contributed by atoms with Gasteiger partial charge in [-0.25, -0.2) is 9.78 Å². The summed E-state index contributed by atoms with van der Waals surface area (Å²) in [6.07, 6.45) is 3.30. The lowest BCUT2D eigenvalue weighted by Crippen LogP contribution is -2.45. The van der Waals surface area contributed by atoms with Gasteiger partial charge in [-0.3, -0.25) is 4.79 Å². The zero-order chi connectivity index (χ0) is 27.2. The number of ether oxygens (including phenoxy) is 1. The van der Waals surface area contributed by atoms with Gasteiger partial charge in [0.1, 0.15) is 12.4 Å². The summed E-state index contributed by atoms with van der Waals surface area (Å²) < 4.78 is 7.61. The highest BCUT2D eigenvalue weighted by Crippen LogP contribution is 2.26. The number of hydrogen-bond acceptors (Lipinski definition) is 5. The number of aryl methyl sites for hydroxylation is 2. The molecule has 2 atom stereocenters. The highest BCUT2D eigenvalue weighted by molar-refractivity contribution is 5.89. The Morgan fingerprint density at radius 3 is 2.50 bits per heavy atom. The molecule has 0 aliphatic heterocycles. The number of H-pyrrole nitrogens is 1. The van der Waals surface area contributed by atoms with Crippen molar-refractivity contribution in [2.45, 2.75) is 52.3 Å². The first kappa shape index (κ1) is 27.1. The molecule has 2 aromatic heterocycles. The van der Waals surface area contributed by atoms with Crippen LogP contribution in [0.25, 0.3) is 10.9 Å². The number of esters is 1. The third kappa shape index (κ3) is 6.31. The van der Waals surface area contributed by atoms with Gasteiger partial charge in [0.05, 0.1) is 12.1 Å². The fourth-order valence-corrected chi connectivity index (χ4v) is 4.76. The van der Waals surface area contributed by atoms with Crippen LogP contribution in [0.4, 0.5) is 0 Å². The molecule has 8 heteroatoms. The van der Waals surface area contributed by atoms with Gasteiger partial charge in [-0.05, 0) is 43.5 Å². The Labute approximate surface area is 223 Å². The van der Waals surface area contributed by atoms with Crippen molar-refractivity contribution in [1.82, 2.24) is 25.2 Å². The molecule has 2 heterocycles. The number of amides is 1. The molecule has 2 aromatic carbocycles. The molecule has 8 nitrogen and oxygen atoms in total. The van der Waals surface area contributed by atoms with Crippen molar-refractivity contribution in [1.29, 1.82) is 0 Å². The minimum absolute atomic E-state index is 0.103. The number of aromatic nitrogens is 3. The molecular weight excluding hydrogens is 478 g/mol. The molecule has 0 saturated carbocycles. The number of carbonyl (C=O) groups excluding carboxylic acids is 2. The van der Waals surface area contributed by atoms with E-state index in [0.717, 1.165) is 22.0 Å². The average molecular weight is 516 g/mol. The Bertz CT molecular complexity index is 1390. The fourth-order valence-electron chi connectivity index (χ4n) is 4.76. The van der Waals surface area contributed by atoms with Crippen LogP contribution in [0, 0.1) is 12.8 Å². The lowest BCUT2D eigenvalue weighted by Gasteiger charge is -2.22. The molecule has 4 aromatic rings. The standard InChI is InChI=1S/C30H37N5O3/c1-19(2)15-25(31-4)29(36)33-24(16-22-17-35(5)26-14-10-9-13-23(22)26)28-32-20(3)27(34-28)30(37)38-18-21-11-7-6-8-12-21/h6-14,17,19,24-25,31H,15-16,18H2,1-5H3,(H,32,34)(H,33,36)/t24-,25+/m1/s1. The third-order valence-electron chi connectivity index (χ3n) is 6.73. The van der Waals surface area contributed by atoms with Crippen LogP contribution >= 0.6 is 0 Å².